The van der Waals surface area contributed by atoms with Crippen LogP contribution in [0.3, 0.4) is 0 Å². The van der Waals surface area contributed by atoms with Crippen molar-refractivity contribution in [3.63, 3.8) is 0 Å². The minimum atomic E-state index is 1.21. The first-order valence-corrected chi connectivity index (χ1v) is 6.61. The number of benzene rings is 1. The molecule has 0 aliphatic carbocycles. The van der Waals surface area contributed by atoms with Gasteiger partial charge in [0, 0.05) is 12.5 Å². The number of thiazole rings is 1. The highest BCUT2D eigenvalue weighted by Crippen LogP contribution is 2.19. The van der Waals surface area contributed by atoms with Crippen LogP contribution in [0.1, 0.15) is 37.6 Å². The molecular weight excluding hydrogens is 202 g/mol. The normalized spacial score (nSPS) is 11.0. The number of fused-ring (bicyclic) bond motifs is 1. The van der Waals surface area contributed by atoms with Crippen molar-refractivity contribution < 1.29 is 4.98 Å². The molecule has 2 rings (SSSR count). The van der Waals surface area contributed by atoms with E-state index >= 15 is 0 Å². The predicted octanol–water partition coefficient (Wildman–Crippen LogP) is 3.84. The van der Waals surface area contributed by atoms with Crippen molar-refractivity contribution in [3.05, 3.63) is 29.3 Å². The largest absolute Gasteiger partial charge is 0.236 e. The molecule has 1 nitrogen and oxygen atoms in total. The summed E-state index contributed by atoms with van der Waals surface area (Å²) < 4.78 is 1.38. The van der Waals surface area contributed by atoms with Crippen molar-refractivity contribution in [1.29, 1.82) is 0 Å². The van der Waals surface area contributed by atoms with E-state index in [9.17, 15) is 0 Å². The second-order valence-electron chi connectivity index (χ2n) is 3.96. The van der Waals surface area contributed by atoms with E-state index in [4.69, 9.17) is 0 Å². The van der Waals surface area contributed by atoms with Crippen LogP contribution in [0.5, 0.6) is 0 Å². The van der Waals surface area contributed by atoms with Crippen molar-refractivity contribution in [2.75, 3.05) is 0 Å². The fourth-order valence-corrected chi connectivity index (χ4v) is 2.84. The third-order valence-electron chi connectivity index (χ3n) is 2.65. The molecule has 0 aliphatic rings. The maximum absolute atomic E-state index is 3.49. The highest BCUT2D eigenvalue weighted by molar-refractivity contribution is 7.18. The monoisotopic (exact) mass is 220 g/mol. The summed E-state index contributed by atoms with van der Waals surface area (Å²) in [4.78, 5) is 3.49. The summed E-state index contributed by atoms with van der Waals surface area (Å²) in [5.41, 5.74) is 1.29. The molecule has 0 spiro atoms. The molecule has 0 atom stereocenters. The van der Waals surface area contributed by atoms with Crippen molar-refractivity contribution in [2.24, 2.45) is 0 Å². The molecule has 0 unspecified atom stereocenters. The van der Waals surface area contributed by atoms with Gasteiger partial charge in [0.15, 0.2) is 0 Å². The van der Waals surface area contributed by atoms with E-state index in [2.05, 4.69) is 36.2 Å². The van der Waals surface area contributed by atoms with Crippen molar-refractivity contribution >= 4 is 21.6 Å². The van der Waals surface area contributed by atoms with Crippen LogP contribution < -0.4 is 4.98 Å². The summed E-state index contributed by atoms with van der Waals surface area (Å²) >= 11 is 1.90. The van der Waals surface area contributed by atoms with Crippen molar-refractivity contribution in [1.82, 2.24) is 0 Å². The van der Waals surface area contributed by atoms with Gasteiger partial charge in [-0.2, -0.15) is 4.98 Å². The van der Waals surface area contributed by atoms with Crippen LogP contribution in [0.4, 0.5) is 0 Å². The van der Waals surface area contributed by atoms with Crippen molar-refractivity contribution in [3.8, 4) is 0 Å². The molecule has 2 heteroatoms. The molecule has 0 saturated heterocycles. The molecule has 0 bridgehead atoms. The molecule has 2 aromatic rings. The number of para-hydroxylation sites is 1. The minimum absolute atomic E-state index is 1.21. The van der Waals surface area contributed by atoms with Crippen LogP contribution in [0, 0.1) is 0 Å². The predicted molar refractivity (Wildman–Crippen MR) is 66.2 cm³/mol. The van der Waals surface area contributed by atoms with Gasteiger partial charge in [0.25, 0.3) is 0 Å². The van der Waals surface area contributed by atoms with E-state index in [-0.39, 0.29) is 0 Å². The van der Waals surface area contributed by atoms with E-state index in [1.807, 2.05) is 11.3 Å². The van der Waals surface area contributed by atoms with E-state index < -0.39 is 0 Å². The quantitative estimate of drug-likeness (QED) is 0.680. The number of unbranched alkanes of at least 4 members (excludes halogenated alkanes) is 3. The zero-order valence-corrected chi connectivity index (χ0v) is 10.1. The van der Waals surface area contributed by atoms with Crippen LogP contribution in [0.15, 0.2) is 24.3 Å². The Kier molecular flexibility index (Phi) is 3.73. The Labute approximate surface area is 95.2 Å². The van der Waals surface area contributed by atoms with Crippen LogP contribution in [0.25, 0.3) is 10.2 Å². The fraction of sp³-hybridized carbons (Fsp3) is 0.462. The lowest BCUT2D eigenvalue weighted by atomic mass is 10.2. The smallest absolute Gasteiger partial charge is 0.199 e. The molecule has 80 valence electrons. The molecular formula is C13H18NS+. The Morgan fingerprint density at radius 1 is 1.13 bits per heavy atom. The van der Waals surface area contributed by atoms with Gasteiger partial charge in [-0.15, -0.1) is 0 Å². The lowest BCUT2D eigenvalue weighted by Gasteiger charge is -1.92. The van der Waals surface area contributed by atoms with Crippen LogP contribution >= 0.6 is 11.3 Å². The summed E-state index contributed by atoms with van der Waals surface area (Å²) in [6.07, 6.45) is 6.57. The Morgan fingerprint density at radius 3 is 2.80 bits per heavy atom. The topological polar surface area (TPSA) is 14.1 Å². The number of rotatable bonds is 5. The zero-order valence-electron chi connectivity index (χ0n) is 9.25. The molecule has 1 N–H and O–H groups in total. The molecule has 0 aliphatic heterocycles. The SMILES string of the molecule is CCCCCCc1[nH+]c2ccccc2s1. The molecule has 1 aromatic carbocycles. The van der Waals surface area contributed by atoms with Gasteiger partial charge in [-0.1, -0.05) is 49.7 Å². The van der Waals surface area contributed by atoms with Gasteiger partial charge < -0.3 is 0 Å². The number of hydrogen-bond acceptors (Lipinski definition) is 1. The van der Waals surface area contributed by atoms with Gasteiger partial charge >= 0.3 is 0 Å². The highest BCUT2D eigenvalue weighted by atomic mass is 32.1. The Bertz CT molecular complexity index is 386. The molecule has 15 heavy (non-hydrogen) atoms. The molecule has 0 amide bonds. The van der Waals surface area contributed by atoms with E-state index in [1.54, 1.807) is 0 Å². The molecule has 1 heterocycles. The summed E-state index contributed by atoms with van der Waals surface area (Å²) in [6, 6.07) is 8.54. The van der Waals surface area contributed by atoms with Gasteiger partial charge in [0.05, 0.1) is 0 Å². The Morgan fingerprint density at radius 2 is 2.00 bits per heavy atom. The fourth-order valence-electron chi connectivity index (χ4n) is 1.79. The van der Waals surface area contributed by atoms with E-state index in [0.717, 1.165) is 0 Å². The molecule has 0 fully saturated rings. The minimum Gasteiger partial charge on any atom is -0.199 e. The van der Waals surface area contributed by atoms with E-state index in [1.165, 1.54) is 47.3 Å². The average Bonchev–Trinajstić information content (AvgIpc) is 2.67. The lowest BCUT2D eigenvalue weighted by Crippen LogP contribution is -2.04. The van der Waals surface area contributed by atoms with Crippen LogP contribution in [-0.4, -0.2) is 0 Å². The van der Waals surface area contributed by atoms with Gasteiger partial charge in [-0.25, -0.2) is 0 Å². The number of nitrogens with one attached hydrogen (secondary N) is 1. The standard InChI is InChI=1S/C13H17NS/c1-2-3-4-5-10-13-14-11-8-6-7-9-12(11)15-13/h6-9H,2-5,10H2,1H3/p+1. The van der Waals surface area contributed by atoms with Crippen molar-refractivity contribution in [2.45, 2.75) is 39.0 Å². The number of H-pyrrole nitrogens is 1. The Balaban J connectivity index is 1.97. The number of aromatic nitrogens is 1. The molecule has 1 aromatic heterocycles. The number of aryl methyl sites for hydroxylation is 1. The third-order valence-corrected chi connectivity index (χ3v) is 3.78. The summed E-state index contributed by atoms with van der Waals surface area (Å²) in [5.74, 6) is 0. The second-order valence-corrected chi connectivity index (χ2v) is 5.09. The average molecular weight is 220 g/mol. The third kappa shape index (κ3) is 2.78. The summed E-state index contributed by atoms with van der Waals surface area (Å²) in [6.45, 7) is 2.26. The summed E-state index contributed by atoms with van der Waals surface area (Å²) in [7, 11) is 0. The first-order chi connectivity index (χ1) is 7.40. The van der Waals surface area contributed by atoms with Gasteiger partial charge in [-0.3, -0.25) is 0 Å². The van der Waals surface area contributed by atoms with E-state index in [0.29, 0.717) is 0 Å². The van der Waals surface area contributed by atoms with Gasteiger partial charge in [-0.05, 0) is 12.5 Å². The first-order valence-electron chi connectivity index (χ1n) is 5.80. The van der Waals surface area contributed by atoms with Crippen LogP contribution in [-0.2, 0) is 6.42 Å². The first kappa shape index (κ1) is 10.6. The second kappa shape index (κ2) is 5.26. The van der Waals surface area contributed by atoms with Gasteiger partial charge in [0.2, 0.25) is 10.5 Å². The molecule has 0 radical (unpaired) electrons. The zero-order chi connectivity index (χ0) is 10.5. The van der Waals surface area contributed by atoms with Crippen LogP contribution in [0.2, 0.25) is 0 Å². The maximum atomic E-state index is 3.49. The Hall–Kier alpha value is -0.890. The maximum Gasteiger partial charge on any atom is 0.236 e. The number of aromatic amines is 1. The lowest BCUT2D eigenvalue weighted by molar-refractivity contribution is -0.350. The molecule has 0 saturated carbocycles. The van der Waals surface area contributed by atoms with Gasteiger partial charge in [0.1, 0.15) is 4.70 Å². The highest BCUT2D eigenvalue weighted by Gasteiger charge is 2.08. The summed E-state index contributed by atoms with van der Waals surface area (Å²) in [5, 5.41) is 1.42. The number of hydrogen-bond donors (Lipinski definition) is 0.